The maximum Gasteiger partial charge on any atom is 0.0445 e. The molecule has 0 bridgehead atoms. The van der Waals surface area contributed by atoms with Crippen molar-refractivity contribution < 1.29 is 10.2 Å². The SMILES string of the molecule is CCCC(CCO)NC(CCC)CCO. The fraction of sp³-hybridized carbons (Fsp3) is 1.00. The Kier molecular flexibility index (Phi) is 10.3. The first-order chi connectivity index (χ1) is 7.28. The predicted molar refractivity (Wildman–Crippen MR) is 63.9 cm³/mol. The quantitative estimate of drug-likeness (QED) is 0.522. The van der Waals surface area contributed by atoms with Crippen LogP contribution in [0.3, 0.4) is 0 Å². The second-order valence-corrected chi connectivity index (χ2v) is 4.16. The van der Waals surface area contributed by atoms with Crippen molar-refractivity contribution in [1.29, 1.82) is 0 Å². The Morgan fingerprint density at radius 3 is 1.47 bits per heavy atom. The molecule has 0 heterocycles. The molecule has 0 aliphatic heterocycles. The maximum atomic E-state index is 8.95. The van der Waals surface area contributed by atoms with Crippen LogP contribution in [-0.4, -0.2) is 35.5 Å². The third-order valence-electron chi connectivity index (χ3n) is 2.70. The van der Waals surface area contributed by atoms with Gasteiger partial charge in [0.15, 0.2) is 0 Å². The van der Waals surface area contributed by atoms with Crippen LogP contribution in [0.25, 0.3) is 0 Å². The summed E-state index contributed by atoms with van der Waals surface area (Å²) in [6, 6.07) is 0.811. The maximum absolute atomic E-state index is 8.95. The molecule has 0 aromatic rings. The second-order valence-electron chi connectivity index (χ2n) is 4.16. The average Bonchev–Trinajstić information content (AvgIpc) is 2.19. The van der Waals surface area contributed by atoms with Gasteiger partial charge < -0.3 is 15.5 Å². The predicted octanol–water partition coefficient (Wildman–Crippen LogP) is 1.68. The minimum atomic E-state index is 0.246. The van der Waals surface area contributed by atoms with Gasteiger partial charge in [0.1, 0.15) is 0 Å². The molecule has 0 fully saturated rings. The largest absolute Gasteiger partial charge is 0.396 e. The molecule has 0 aromatic heterocycles. The summed E-state index contributed by atoms with van der Waals surface area (Å²) in [5.74, 6) is 0. The Morgan fingerprint density at radius 1 is 0.800 bits per heavy atom. The normalized spacial score (nSPS) is 15.2. The van der Waals surface area contributed by atoms with Gasteiger partial charge in [0.25, 0.3) is 0 Å². The lowest BCUT2D eigenvalue weighted by atomic mass is 10.0. The third-order valence-corrected chi connectivity index (χ3v) is 2.70. The van der Waals surface area contributed by atoms with Crippen molar-refractivity contribution in [2.75, 3.05) is 13.2 Å². The van der Waals surface area contributed by atoms with Gasteiger partial charge in [-0.3, -0.25) is 0 Å². The fourth-order valence-corrected chi connectivity index (χ4v) is 1.96. The summed E-state index contributed by atoms with van der Waals surface area (Å²) in [6.07, 6.45) is 6.11. The highest BCUT2D eigenvalue weighted by molar-refractivity contribution is 4.73. The molecule has 3 N–H and O–H groups in total. The molecule has 0 aliphatic rings. The van der Waals surface area contributed by atoms with Gasteiger partial charge in [-0.05, 0) is 25.7 Å². The number of aliphatic hydroxyl groups is 2. The molecule has 0 amide bonds. The first kappa shape index (κ1) is 14.9. The number of hydrogen-bond acceptors (Lipinski definition) is 3. The van der Waals surface area contributed by atoms with E-state index in [2.05, 4.69) is 19.2 Å². The molecular weight excluding hydrogens is 190 g/mol. The van der Waals surface area contributed by atoms with E-state index in [-0.39, 0.29) is 13.2 Å². The third kappa shape index (κ3) is 7.77. The van der Waals surface area contributed by atoms with E-state index in [1.165, 1.54) is 0 Å². The molecule has 0 spiro atoms. The fourth-order valence-electron chi connectivity index (χ4n) is 1.96. The minimum Gasteiger partial charge on any atom is -0.396 e. The molecule has 15 heavy (non-hydrogen) atoms. The van der Waals surface area contributed by atoms with E-state index in [0.29, 0.717) is 12.1 Å². The Morgan fingerprint density at radius 2 is 1.20 bits per heavy atom. The van der Waals surface area contributed by atoms with Gasteiger partial charge in [-0.2, -0.15) is 0 Å². The average molecular weight is 217 g/mol. The van der Waals surface area contributed by atoms with Crippen LogP contribution in [0, 0.1) is 0 Å². The summed E-state index contributed by atoms with van der Waals surface area (Å²) in [7, 11) is 0. The van der Waals surface area contributed by atoms with Crippen molar-refractivity contribution >= 4 is 0 Å². The number of nitrogens with one attached hydrogen (secondary N) is 1. The summed E-state index contributed by atoms with van der Waals surface area (Å²) in [5.41, 5.74) is 0. The van der Waals surface area contributed by atoms with E-state index in [0.717, 1.165) is 38.5 Å². The zero-order chi connectivity index (χ0) is 11.5. The molecule has 2 unspecified atom stereocenters. The first-order valence-electron chi connectivity index (χ1n) is 6.26. The van der Waals surface area contributed by atoms with Crippen molar-refractivity contribution in [3.63, 3.8) is 0 Å². The van der Waals surface area contributed by atoms with Gasteiger partial charge in [-0.1, -0.05) is 26.7 Å². The molecule has 0 saturated heterocycles. The Labute approximate surface area is 93.9 Å². The van der Waals surface area contributed by atoms with Crippen LogP contribution in [-0.2, 0) is 0 Å². The van der Waals surface area contributed by atoms with E-state index in [1.54, 1.807) is 0 Å². The molecule has 0 radical (unpaired) electrons. The lowest BCUT2D eigenvalue weighted by molar-refractivity contribution is 0.227. The van der Waals surface area contributed by atoms with Crippen molar-refractivity contribution in [2.45, 2.75) is 64.5 Å². The van der Waals surface area contributed by atoms with Crippen LogP contribution in [0.2, 0.25) is 0 Å². The van der Waals surface area contributed by atoms with Crippen LogP contribution in [0.1, 0.15) is 52.4 Å². The highest BCUT2D eigenvalue weighted by Crippen LogP contribution is 2.08. The van der Waals surface area contributed by atoms with Crippen LogP contribution < -0.4 is 5.32 Å². The molecule has 0 saturated carbocycles. The van der Waals surface area contributed by atoms with E-state index in [1.807, 2.05) is 0 Å². The van der Waals surface area contributed by atoms with Crippen LogP contribution in [0.5, 0.6) is 0 Å². The second kappa shape index (κ2) is 10.4. The molecule has 92 valence electrons. The van der Waals surface area contributed by atoms with Gasteiger partial charge in [0, 0.05) is 25.3 Å². The lowest BCUT2D eigenvalue weighted by Crippen LogP contribution is -2.39. The number of aliphatic hydroxyl groups excluding tert-OH is 2. The van der Waals surface area contributed by atoms with E-state index in [4.69, 9.17) is 10.2 Å². The summed E-state index contributed by atoms with van der Waals surface area (Å²) >= 11 is 0. The van der Waals surface area contributed by atoms with Gasteiger partial charge in [-0.25, -0.2) is 0 Å². The molecule has 3 nitrogen and oxygen atoms in total. The first-order valence-corrected chi connectivity index (χ1v) is 6.26. The van der Waals surface area contributed by atoms with Gasteiger partial charge >= 0.3 is 0 Å². The van der Waals surface area contributed by atoms with Crippen LogP contribution in [0.4, 0.5) is 0 Å². The van der Waals surface area contributed by atoms with Gasteiger partial charge in [-0.15, -0.1) is 0 Å². The summed E-state index contributed by atoms with van der Waals surface area (Å²) in [4.78, 5) is 0. The molecule has 2 atom stereocenters. The van der Waals surface area contributed by atoms with Gasteiger partial charge in [0.05, 0.1) is 0 Å². The lowest BCUT2D eigenvalue weighted by Gasteiger charge is -2.24. The molecule has 0 aliphatic carbocycles. The Balaban J connectivity index is 3.93. The topological polar surface area (TPSA) is 52.5 Å². The van der Waals surface area contributed by atoms with Crippen molar-refractivity contribution in [1.82, 2.24) is 5.32 Å². The minimum absolute atomic E-state index is 0.246. The highest BCUT2D eigenvalue weighted by atomic mass is 16.3. The van der Waals surface area contributed by atoms with Crippen LogP contribution >= 0.6 is 0 Å². The molecule has 0 aromatic carbocycles. The van der Waals surface area contributed by atoms with Crippen molar-refractivity contribution in [2.24, 2.45) is 0 Å². The zero-order valence-electron chi connectivity index (χ0n) is 10.2. The molecule has 3 heteroatoms. The number of rotatable bonds is 10. The summed E-state index contributed by atoms with van der Waals surface area (Å²) < 4.78 is 0. The van der Waals surface area contributed by atoms with E-state index in [9.17, 15) is 0 Å². The smallest absolute Gasteiger partial charge is 0.0445 e. The van der Waals surface area contributed by atoms with Crippen molar-refractivity contribution in [3.8, 4) is 0 Å². The van der Waals surface area contributed by atoms with Crippen LogP contribution in [0.15, 0.2) is 0 Å². The standard InChI is InChI=1S/C12H27NO2/c1-3-5-11(7-9-14)13-12(6-4-2)8-10-15/h11-15H,3-10H2,1-2H3. The Bertz CT molecular complexity index is 105. The Hall–Kier alpha value is -0.120. The summed E-state index contributed by atoms with van der Waals surface area (Å²) in [5, 5.41) is 21.4. The zero-order valence-corrected chi connectivity index (χ0v) is 10.2. The molecule has 0 rings (SSSR count). The summed E-state index contributed by atoms with van der Waals surface area (Å²) in [6.45, 7) is 4.81. The van der Waals surface area contributed by atoms with E-state index >= 15 is 0 Å². The molecular formula is C12H27NO2. The van der Waals surface area contributed by atoms with Gasteiger partial charge in [0.2, 0.25) is 0 Å². The monoisotopic (exact) mass is 217 g/mol. The number of hydrogen-bond donors (Lipinski definition) is 3. The van der Waals surface area contributed by atoms with Crippen molar-refractivity contribution in [3.05, 3.63) is 0 Å². The highest BCUT2D eigenvalue weighted by Gasteiger charge is 2.13. The van der Waals surface area contributed by atoms with E-state index < -0.39 is 0 Å².